The zero-order chi connectivity index (χ0) is 8.97. The number of hydrogen-bond donors (Lipinski definition) is 1. The first kappa shape index (κ1) is 8.52. The third kappa shape index (κ3) is 1.95. The largest absolute Gasteiger partial charge is 0.506 e. The lowest BCUT2D eigenvalue weighted by Crippen LogP contribution is -2.06. The summed E-state index contributed by atoms with van der Waals surface area (Å²) < 4.78 is 4.68. The maximum atomic E-state index is 11.0. The molecule has 12 heavy (non-hydrogen) atoms. The minimum Gasteiger partial charge on any atom is -0.506 e. The Kier molecular flexibility index (Phi) is 2.63. The Morgan fingerprint density at radius 1 is 1.67 bits per heavy atom. The Labute approximate surface area is 69.8 Å². The maximum absolute atomic E-state index is 11.0. The van der Waals surface area contributed by atoms with Gasteiger partial charge in [-0.25, -0.2) is 9.78 Å². The summed E-state index contributed by atoms with van der Waals surface area (Å²) in [6.07, 6.45) is 1.20. The van der Waals surface area contributed by atoms with Crippen LogP contribution in [0.2, 0.25) is 0 Å². The standard InChI is InChI=1S/C8H9NO3/c1-2-12-8(11)7-4-3-6(10)5-9-7/h3-5,10H,2H2,1H3. The van der Waals surface area contributed by atoms with Crippen LogP contribution in [0.4, 0.5) is 0 Å². The summed E-state index contributed by atoms with van der Waals surface area (Å²) >= 11 is 0. The number of aromatic hydroxyl groups is 1. The van der Waals surface area contributed by atoms with E-state index in [0.29, 0.717) is 6.61 Å². The molecule has 0 unspecified atom stereocenters. The lowest BCUT2D eigenvalue weighted by molar-refractivity contribution is 0.0519. The van der Waals surface area contributed by atoms with Gasteiger partial charge in [0.05, 0.1) is 12.8 Å². The van der Waals surface area contributed by atoms with Crippen LogP contribution in [0.25, 0.3) is 0 Å². The molecular formula is C8H9NO3. The Morgan fingerprint density at radius 2 is 2.42 bits per heavy atom. The molecule has 1 N–H and O–H groups in total. The highest BCUT2D eigenvalue weighted by Crippen LogP contribution is 2.06. The normalized spacial score (nSPS) is 9.42. The summed E-state index contributed by atoms with van der Waals surface area (Å²) in [7, 11) is 0. The fourth-order valence-corrected chi connectivity index (χ4v) is 0.712. The minimum atomic E-state index is -0.475. The van der Waals surface area contributed by atoms with Crippen molar-refractivity contribution in [3.05, 3.63) is 24.0 Å². The average Bonchev–Trinajstić information content (AvgIpc) is 2.06. The second-order valence-electron chi connectivity index (χ2n) is 2.12. The Morgan fingerprint density at radius 3 is 2.92 bits per heavy atom. The molecule has 0 spiro atoms. The van der Waals surface area contributed by atoms with Crippen molar-refractivity contribution in [1.29, 1.82) is 0 Å². The molecule has 0 saturated heterocycles. The average molecular weight is 167 g/mol. The first-order valence-corrected chi connectivity index (χ1v) is 3.56. The van der Waals surface area contributed by atoms with E-state index in [1.54, 1.807) is 6.92 Å². The molecule has 1 aromatic heterocycles. The number of carbonyl (C=O) groups is 1. The van der Waals surface area contributed by atoms with E-state index >= 15 is 0 Å². The van der Waals surface area contributed by atoms with Gasteiger partial charge in [-0.3, -0.25) is 0 Å². The predicted octanol–water partition coefficient (Wildman–Crippen LogP) is 0.964. The van der Waals surface area contributed by atoms with Crippen LogP contribution in [-0.4, -0.2) is 22.7 Å². The van der Waals surface area contributed by atoms with Crippen molar-refractivity contribution in [1.82, 2.24) is 4.98 Å². The molecule has 0 aliphatic rings. The van der Waals surface area contributed by atoms with Crippen molar-refractivity contribution in [3.8, 4) is 5.75 Å². The van der Waals surface area contributed by atoms with Gasteiger partial charge in [0.15, 0.2) is 0 Å². The molecule has 4 nitrogen and oxygen atoms in total. The summed E-state index contributed by atoms with van der Waals surface area (Å²) in [4.78, 5) is 14.7. The number of aromatic nitrogens is 1. The molecule has 1 aromatic rings. The maximum Gasteiger partial charge on any atom is 0.356 e. The van der Waals surface area contributed by atoms with E-state index in [0.717, 1.165) is 0 Å². The van der Waals surface area contributed by atoms with Gasteiger partial charge in [0, 0.05) is 0 Å². The van der Waals surface area contributed by atoms with Crippen LogP contribution in [0.15, 0.2) is 18.3 Å². The highest BCUT2D eigenvalue weighted by Gasteiger charge is 2.06. The summed E-state index contributed by atoms with van der Waals surface area (Å²) in [6, 6.07) is 2.80. The third-order valence-electron chi connectivity index (χ3n) is 1.23. The van der Waals surface area contributed by atoms with Gasteiger partial charge >= 0.3 is 5.97 Å². The molecule has 1 heterocycles. The van der Waals surface area contributed by atoms with Gasteiger partial charge in [0.1, 0.15) is 11.4 Å². The van der Waals surface area contributed by atoms with Crippen LogP contribution >= 0.6 is 0 Å². The molecule has 0 amide bonds. The lowest BCUT2D eigenvalue weighted by atomic mass is 10.3. The van der Waals surface area contributed by atoms with Crippen LogP contribution in [0.3, 0.4) is 0 Å². The lowest BCUT2D eigenvalue weighted by Gasteiger charge is -1.99. The number of esters is 1. The van der Waals surface area contributed by atoms with Gasteiger partial charge < -0.3 is 9.84 Å². The summed E-state index contributed by atoms with van der Waals surface area (Å²) in [5, 5.41) is 8.85. The van der Waals surface area contributed by atoms with Gasteiger partial charge in [-0.05, 0) is 19.1 Å². The molecule has 4 heteroatoms. The molecule has 0 aliphatic heterocycles. The number of nitrogens with zero attached hydrogens (tertiary/aromatic N) is 1. The SMILES string of the molecule is CCOC(=O)c1ccc(O)cn1. The van der Waals surface area contributed by atoms with E-state index in [9.17, 15) is 4.79 Å². The van der Waals surface area contributed by atoms with E-state index < -0.39 is 5.97 Å². The van der Waals surface area contributed by atoms with Crippen LogP contribution in [0.1, 0.15) is 17.4 Å². The van der Waals surface area contributed by atoms with Crippen molar-refractivity contribution in [2.24, 2.45) is 0 Å². The van der Waals surface area contributed by atoms with Crippen LogP contribution in [0, 0.1) is 0 Å². The molecule has 0 aliphatic carbocycles. The Bertz CT molecular complexity index is 268. The smallest absolute Gasteiger partial charge is 0.356 e. The zero-order valence-corrected chi connectivity index (χ0v) is 6.65. The summed E-state index contributed by atoms with van der Waals surface area (Å²) in [5.74, 6) is -0.444. The summed E-state index contributed by atoms with van der Waals surface area (Å²) in [6.45, 7) is 2.04. The fraction of sp³-hybridized carbons (Fsp3) is 0.250. The molecule has 0 bridgehead atoms. The van der Waals surface area contributed by atoms with E-state index in [1.165, 1.54) is 18.3 Å². The number of ether oxygens (including phenoxy) is 1. The topological polar surface area (TPSA) is 59.4 Å². The number of pyridine rings is 1. The molecule has 0 saturated carbocycles. The predicted molar refractivity (Wildman–Crippen MR) is 41.9 cm³/mol. The van der Waals surface area contributed by atoms with Crippen molar-refractivity contribution in [3.63, 3.8) is 0 Å². The second-order valence-corrected chi connectivity index (χ2v) is 2.12. The minimum absolute atomic E-state index is 0.0306. The Hall–Kier alpha value is -1.58. The van der Waals surface area contributed by atoms with Crippen molar-refractivity contribution >= 4 is 5.97 Å². The van der Waals surface area contributed by atoms with Gasteiger partial charge in [-0.2, -0.15) is 0 Å². The van der Waals surface area contributed by atoms with E-state index in [1.807, 2.05) is 0 Å². The molecule has 1 rings (SSSR count). The molecule has 0 fully saturated rings. The Balaban J connectivity index is 2.75. The van der Waals surface area contributed by atoms with Crippen LogP contribution < -0.4 is 0 Å². The van der Waals surface area contributed by atoms with Gasteiger partial charge in [-0.15, -0.1) is 0 Å². The number of rotatable bonds is 2. The van der Waals surface area contributed by atoms with E-state index in [-0.39, 0.29) is 11.4 Å². The van der Waals surface area contributed by atoms with E-state index in [2.05, 4.69) is 9.72 Å². The van der Waals surface area contributed by atoms with Gasteiger partial charge in [0.2, 0.25) is 0 Å². The quantitative estimate of drug-likeness (QED) is 0.666. The monoisotopic (exact) mass is 167 g/mol. The van der Waals surface area contributed by atoms with E-state index in [4.69, 9.17) is 5.11 Å². The van der Waals surface area contributed by atoms with Crippen molar-refractivity contribution in [2.45, 2.75) is 6.92 Å². The van der Waals surface area contributed by atoms with Gasteiger partial charge in [0.25, 0.3) is 0 Å². The molecule has 0 aromatic carbocycles. The van der Waals surface area contributed by atoms with Crippen molar-refractivity contribution in [2.75, 3.05) is 6.61 Å². The highest BCUT2D eigenvalue weighted by molar-refractivity contribution is 5.87. The highest BCUT2D eigenvalue weighted by atomic mass is 16.5. The number of carbonyl (C=O) groups excluding carboxylic acids is 1. The zero-order valence-electron chi connectivity index (χ0n) is 6.65. The molecular weight excluding hydrogens is 158 g/mol. The van der Waals surface area contributed by atoms with Crippen molar-refractivity contribution < 1.29 is 14.6 Å². The fourth-order valence-electron chi connectivity index (χ4n) is 0.712. The van der Waals surface area contributed by atoms with Crippen LogP contribution in [0.5, 0.6) is 5.75 Å². The first-order valence-electron chi connectivity index (χ1n) is 3.56. The van der Waals surface area contributed by atoms with Crippen LogP contribution in [-0.2, 0) is 4.74 Å². The van der Waals surface area contributed by atoms with Gasteiger partial charge in [-0.1, -0.05) is 0 Å². The third-order valence-corrected chi connectivity index (χ3v) is 1.23. The first-order chi connectivity index (χ1) is 5.74. The molecule has 0 atom stereocenters. The number of hydrogen-bond acceptors (Lipinski definition) is 4. The molecule has 0 radical (unpaired) electrons. The second kappa shape index (κ2) is 3.71. The molecule has 64 valence electrons. The summed E-state index contributed by atoms with van der Waals surface area (Å²) in [5.41, 5.74) is 0.203.